The summed E-state index contributed by atoms with van der Waals surface area (Å²) in [5.74, 6) is 0. The third-order valence-corrected chi connectivity index (χ3v) is 3.26. The van der Waals surface area contributed by atoms with Gasteiger partial charge in [0.05, 0.1) is 5.69 Å². The van der Waals surface area contributed by atoms with Crippen LogP contribution in [0, 0.1) is 6.92 Å². The van der Waals surface area contributed by atoms with E-state index < -0.39 is 0 Å². The van der Waals surface area contributed by atoms with Crippen molar-refractivity contribution >= 4 is 23.2 Å². The SMILES string of the molecule is Cc1ccc(Cl)nc1CN(C)Cc1ccc(Cl)nc1. The van der Waals surface area contributed by atoms with E-state index in [4.69, 9.17) is 23.2 Å². The summed E-state index contributed by atoms with van der Waals surface area (Å²) < 4.78 is 0. The molecule has 0 N–H and O–H groups in total. The summed E-state index contributed by atoms with van der Waals surface area (Å²) in [6, 6.07) is 7.57. The number of nitrogens with zero attached hydrogens (tertiary/aromatic N) is 3. The molecule has 0 fully saturated rings. The van der Waals surface area contributed by atoms with Crippen LogP contribution in [-0.4, -0.2) is 21.9 Å². The molecule has 100 valence electrons. The van der Waals surface area contributed by atoms with Crippen LogP contribution in [0.3, 0.4) is 0 Å². The number of pyridine rings is 2. The van der Waals surface area contributed by atoms with Gasteiger partial charge in [0, 0.05) is 19.3 Å². The van der Waals surface area contributed by atoms with Crippen molar-refractivity contribution in [3.63, 3.8) is 0 Å². The third kappa shape index (κ3) is 4.16. The van der Waals surface area contributed by atoms with Crippen molar-refractivity contribution in [2.24, 2.45) is 0 Å². The van der Waals surface area contributed by atoms with Crippen molar-refractivity contribution in [1.82, 2.24) is 14.9 Å². The molecule has 0 aliphatic carbocycles. The van der Waals surface area contributed by atoms with Crippen LogP contribution in [0.25, 0.3) is 0 Å². The van der Waals surface area contributed by atoms with E-state index in [0.29, 0.717) is 10.3 Å². The first kappa shape index (κ1) is 14.3. The summed E-state index contributed by atoms with van der Waals surface area (Å²) in [5, 5.41) is 1.04. The van der Waals surface area contributed by atoms with Crippen LogP contribution in [-0.2, 0) is 13.1 Å². The van der Waals surface area contributed by atoms with Gasteiger partial charge in [-0.25, -0.2) is 9.97 Å². The topological polar surface area (TPSA) is 29.0 Å². The average Bonchev–Trinajstić information content (AvgIpc) is 2.37. The molecule has 19 heavy (non-hydrogen) atoms. The molecule has 0 saturated heterocycles. The highest BCUT2D eigenvalue weighted by molar-refractivity contribution is 6.29. The van der Waals surface area contributed by atoms with Gasteiger partial charge in [-0.15, -0.1) is 0 Å². The maximum atomic E-state index is 5.92. The zero-order chi connectivity index (χ0) is 13.8. The minimum atomic E-state index is 0.513. The molecule has 0 aliphatic rings. The Hall–Kier alpha value is -1.16. The molecule has 2 aromatic heterocycles. The number of aromatic nitrogens is 2. The molecule has 0 saturated carbocycles. The summed E-state index contributed by atoms with van der Waals surface area (Å²) in [5.41, 5.74) is 3.26. The van der Waals surface area contributed by atoms with Crippen LogP contribution in [0.2, 0.25) is 10.3 Å². The minimum Gasteiger partial charge on any atom is -0.296 e. The highest BCUT2D eigenvalue weighted by Crippen LogP contribution is 2.14. The van der Waals surface area contributed by atoms with Crippen LogP contribution in [0.15, 0.2) is 30.5 Å². The molecule has 2 rings (SSSR count). The Balaban J connectivity index is 2.02. The van der Waals surface area contributed by atoms with Gasteiger partial charge < -0.3 is 0 Å². The van der Waals surface area contributed by atoms with Gasteiger partial charge in [0.2, 0.25) is 0 Å². The van der Waals surface area contributed by atoms with E-state index >= 15 is 0 Å². The van der Waals surface area contributed by atoms with Crippen LogP contribution in [0.5, 0.6) is 0 Å². The first-order chi connectivity index (χ1) is 9.04. The molecule has 0 spiro atoms. The predicted octanol–water partition coefficient (Wildman–Crippen LogP) is 3.72. The Morgan fingerprint density at radius 3 is 2.47 bits per heavy atom. The molecule has 3 nitrogen and oxygen atoms in total. The molecule has 0 aromatic carbocycles. The zero-order valence-electron chi connectivity index (χ0n) is 10.9. The van der Waals surface area contributed by atoms with E-state index in [1.54, 1.807) is 12.3 Å². The van der Waals surface area contributed by atoms with Crippen LogP contribution in [0.4, 0.5) is 0 Å². The van der Waals surface area contributed by atoms with Gasteiger partial charge >= 0.3 is 0 Å². The van der Waals surface area contributed by atoms with Crippen LogP contribution >= 0.6 is 23.2 Å². The maximum Gasteiger partial charge on any atom is 0.129 e. The summed E-state index contributed by atoms with van der Waals surface area (Å²) in [4.78, 5) is 10.6. The van der Waals surface area contributed by atoms with Gasteiger partial charge in [0.15, 0.2) is 0 Å². The van der Waals surface area contributed by atoms with Gasteiger partial charge in [-0.05, 0) is 37.2 Å². The normalized spacial score (nSPS) is 11.0. The number of halogens is 2. The lowest BCUT2D eigenvalue weighted by molar-refractivity contribution is 0.314. The van der Waals surface area contributed by atoms with E-state index in [2.05, 4.69) is 14.9 Å². The second-order valence-electron chi connectivity index (χ2n) is 4.56. The maximum absolute atomic E-state index is 5.92. The van der Waals surface area contributed by atoms with Crippen molar-refractivity contribution in [2.45, 2.75) is 20.0 Å². The Kier molecular flexibility index (Phi) is 4.75. The molecule has 0 radical (unpaired) electrons. The highest BCUT2D eigenvalue weighted by atomic mass is 35.5. The number of rotatable bonds is 4. The van der Waals surface area contributed by atoms with Crippen LogP contribution in [0.1, 0.15) is 16.8 Å². The van der Waals surface area contributed by atoms with E-state index in [-0.39, 0.29) is 0 Å². The van der Waals surface area contributed by atoms with Crippen molar-refractivity contribution in [1.29, 1.82) is 0 Å². The molecule has 0 amide bonds. The van der Waals surface area contributed by atoms with E-state index in [9.17, 15) is 0 Å². The Morgan fingerprint density at radius 2 is 1.79 bits per heavy atom. The van der Waals surface area contributed by atoms with Gasteiger partial charge in [0.25, 0.3) is 0 Å². The van der Waals surface area contributed by atoms with Crippen LogP contribution < -0.4 is 0 Å². The van der Waals surface area contributed by atoms with Gasteiger partial charge in [0.1, 0.15) is 10.3 Å². The van der Waals surface area contributed by atoms with Crippen molar-refractivity contribution in [3.8, 4) is 0 Å². The summed E-state index contributed by atoms with van der Waals surface area (Å²) >= 11 is 11.7. The quantitative estimate of drug-likeness (QED) is 0.805. The van der Waals surface area contributed by atoms with Crippen molar-refractivity contribution < 1.29 is 0 Å². The van der Waals surface area contributed by atoms with Gasteiger partial charge in [-0.1, -0.05) is 35.3 Å². The molecule has 0 unspecified atom stereocenters. The first-order valence-corrected chi connectivity index (χ1v) is 6.71. The highest BCUT2D eigenvalue weighted by Gasteiger charge is 2.06. The monoisotopic (exact) mass is 295 g/mol. The Bertz CT molecular complexity index is 555. The fraction of sp³-hybridized carbons (Fsp3) is 0.286. The summed E-state index contributed by atoms with van der Waals surface area (Å²) in [6.07, 6.45) is 1.79. The predicted molar refractivity (Wildman–Crippen MR) is 78.4 cm³/mol. The first-order valence-electron chi connectivity index (χ1n) is 5.95. The molecular weight excluding hydrogens is 281 g/mol. The number of aryl methyl sites for hydroxylation is 1. The lowest BCUT2D eigenvalue weighted by atomic mass is 10.2. The molecule has 2 heterocycles. The number of hydrogen-bond donors (Lipinski definition) is 0. The Labute approximate surface area is 123 Å². The molecule has 0 aliphatic heterocycles. The van der Waals surface area contributed by atoms with Crippen molar-refractivity contribution in [2.75, 3.05) is 7.05 Å². The Morgan fingerprint density at radius 1 is 1.05 bits per heavy atom. The second kappa shape index (κ2) is 6.33. The molecule has 0 atom stereocenters. The number of hydrogen-bond acceptors (Lipinski definition) is 3. The van der Waals surface area contributed by atoms with E-state index in [1.807, 2.05) is 32.2 Å². The van der Waals surface area contributed by atoms with E-state index in [1.165, 1.54) is 0 Å². The van der Waals surface area contributed by atoms with Gasteiger partial charge in [-0.3, -0.25) is 4.90 Å². The van der Waals surface area contributed by atoms with Crippen molar-refractivity contribution in [3.05, 3.63) is 57.6 Å². The fourth-order valence-electron chi connectivity index (χ4n) is 1.83. The summed E-state index contributed by atoms with van der Waals surface area (Å²) in [7, 11) is 2.04. The molecule has 2 aromatic rings. The lowest BCUT2D eigenvalue weighted by Gasteiger charge is -2.17. The minimum absolute atomic E-state index is 0.513. The smallest absolute Gasteiger partial charge is 0.129 e. The lowest BCUT2D eigenvalue weighted by Crippen LogP contribution is -2.18. The average molecular weight is 296 g/mol. The molecular formula is C14H15Cl2N3. The van der Waals surface area contributed by atoms with Gasteiger partial charge in [-0.2, -0.15) is 0 Å². The summed E-state index contributed by atoms with van der Waals surface area (Å²) in [6.45, 7) is 3.57. The third-order valence-electron chi connectivity index (χ3n) is 2.83. The van der Waals surface area contributed by atoms with E-state index in [0.717, 1.165) is 29.9 Å². The largest absolute Gasteiger partial charge is 0.296 e. The zero-order valence-corrected chi connectivity index (χ0v) is 12.4. The molecule has 0 bridgehead atoms. The standard InChI is InChI=1S/C14H15Cl2N3/c1-10-3-5-14(16)18-12(10)9-19(2)8-11-4-6-13(15)17-7-11/h3-7H,8-9H2,1-2H3. The fourth-order valence-corrected chi connectivity index (χ4v) is 2.10. The second-order valence-corrected chi connectivity index (χ2v) is 5.33. The molecule has 5 heteroatoms.